The zero-order valence-corrected chi connectivity index (χ0v) is 20.6. The standard InChI is InChI=1S/C21H36N4O2.HI/c1-16(2)24(4)11-8-7-10-23-21(22-3)25-12-9-17-13-19(26-5)20(27-6)14-18(17)15-25;/h13-14,16H,7-12,15H2,1-6H3,(H,22,23);1H. The molecule has 0 spiro atoms. The van der Waals surface area contributed by atoms with Gasteiger partial charge in [-0.2, -0.15) is 0 Å². The third-order valence-corrected chi connectivity index (χ3v) is 5.33. The van der Waals surface area contributed by atoms with E-state index in [-0.39, 0.29) is 24.0 Å². The Bertz CT molecular complexity index is 637. The zero-order chi connectivity index (χ0) is 19.8. The van der Waals surface area contributed by atoms with Crippen LogP contribution in [0.3, 0.4) is 0 Å². The van der Waals surface area contributed by atoms with Crippen LogP contribution < -0.4 is 14.8 Å². The highest BCUT2D eigenvalue weighted by Gasteiger charge is 2.21. The molecule has 0 aromatic heterocycles. The first-order valence-electron chi connectivity index (χ1n) is 9.89. The van der Waals surface area contributed by atoms with Crippen LogP contribution in [0.25, 0.3) is 0 Å². The monoisotopic (exact) mass is 504 g/mol. The quantitative estimate of drug-likeness (QED) is 0.255. The van der Waals surface area contributed by atoms with Crippen molar-refractivity contribution < 1.29 is 9.47 Å². The minimum absolute atomic E-state index is 0. The first-order valence-corrected chi connectivity index (χ1v) is 9.89. The maximum absolute atomic E-state index is 5.46. The molecule has 0 bridgehead atoms. The summed E-state index contributed by atoms with van der Waals surface area (Å²) < 4.78 is 10.9. The number of nitrogens with one attached hydrogen (secondary N) is 1. The van der Waals surface area contributed by atoms with E-state index in [0.29, 0.717) is 6.04 Å². The molecule has 2 rings (SSSR count). The molecule has 0 radical (unpaired) electrons. The highest BCUT2D eigenvalue weighted by Crippen LogP contribution is 2.33. The average Bonchev–Trinajstić information content (AvgIpc) is 2.68. The fraction of sp³-hybridized carbons (Fsp3) is 0.667. The van der Waals surface area contributed by atoms with Crippen LogP contribution >= 0.6 is 24.0 Å². The van der Waals surface area contributed by atoms with Gasteiger partial charge in [-0.05, 0) is 70.0 Å². The smallest absolute Gasteiger partial charge is 0.193 e. The summed E-state index contributed by atoms with van der Waals surface area (Å²) in [6.07, 6.45) is 3.32. The molecule has 6 nitrogen and oxygen atoms in total. The Morgan fingerprint density at radius 2 is 1.82 bits per heavy atom. The van der Waals surface area contributed by atoms with Crippen molar-refractivity contribution >= 4 is 29.9 Å². The van der Waals surface area contributed by atoms with E-state index < -0.39 is 0 Å². The lowest BCUT2D eigenvalue weighted by Gasteiger charge is -2.32. The molecule has 0 saturated carbocycles. The van der Waals surface area contributed by atoms with Crippen molar-refractivity contribution in [3.8, 4) is 11.5 Å². The van der Waals surface area contributed by atoms with E-state index in [1.54, 1.807) is 14.2 Å². The molecule has 0 saturated heterocycles. The van der Waals surface area contributed by atoms with Crippen LogP contribution in [0.1, 0.15) is 37.8 Å². The molecule has 28 heavy (non-hydrogen) atoms. The van der Waals surface area contributed by atoms with E-state index in [0.717, 1.165) is 56.5 Å². The molecule has 1 aromatic rings. The highest BCUT2D eigenvalue weighted by atomic mass is 127. The predicted octanol–water partition coefficient (Wildman–Crippen LogP) is 3.38. The summed E-state index contributed by atoms with van der Waals surface area (Å²) in [5, 5.41) is 3.53. The molecule has 1 aromatic carbocycles. The first kappa shape index (κ1) is 24.8. The molecular weight excluding hydrogens is 467 g/mol. The normalized spacial score (nSPS) is 14.0. The molecule has 1 N–H and O–H groups in total. The second-order valence-electron chi connectivity index (χ2n) is 7.40. The van der Waals surface area contributed by atoms with Crippen molar-refractivity contribution in [3.63, 3.8) is 0 Å². The van der Waals surface area contributed by atoms with Gasteiger partial charge in [0.15, 0.2) is 17.5 Å². The zero-order valence-electron chi connectivity index (χ0n) is 18.2. The minimum Gasteiger partial charge on any atom is -0.493 e. The molecule has 0 fully saturated rings. The first-order chi connectivity index (χ1) is 13.0. The van der Waals surface area contributed by atoms with Crippen LogP contribution in [-0.4, -0.2) is 69.8 Å². The summed E-state index contributed by atoms with van der Waals surface area (Å²) in [5.74, 6) is 2.57. The van der Waals surface area contributed by atoms with Gasteiger partial charge in [-0.15, -0.1) is 24.0 Å². The van der Waals surface area contributed by atoms with Crippen LogP contribution in [0.2, 0.25) is 0 Å². The number of fused-ring (bicyclic) bond motifs is 1. The second kappa shape index (κ2) is 12.4. The summed E-state index contributed by atoms with van der Waals surface area (Å²) in [5.41, 5.74) is 2.61. The Balaban J connectivity index is 0.00000392. The van der Waals surface area contributed by atoms with Crippen LogP contribution in [0, 0.1) is 0 Å². The number of halogens is 1. The molecule has 0 unspecified atom stereocenters. The van der Waals surface area contributed by atoms with Crippen LogP contribution in [0.4, 0.5) is 0 Å². The third kappa shape index (κ3) is 6.69. The number of aliphatic imine (C=N–C) groups is 1. The number of methoxy groups -OCH3 is 2. The van der Waals surface area contributed by atoms with Gasteiger partial charge in [0.2, 0.25) is 0 Å². The number of rotatable bonds is 8. The van der Waals surface area contributed by atoms with Gasteiger partial charge in [-0.1, -0.05) is 0 Å². The molecule has 0 aliphatic carbocycles. The van der Waals surface area contributed by atoms with Gasteiger partial charge in [-0.25, -0.2) is 0 Å². The average molecular weight is 504 g/mol. The van der Waals surface area contributed by atoms with Crippen LogP contribution in [0.15, 0.2) is 17.1 Å². The number of nitrogens with zero attached hydrogens (tertiary/aromatic N) is 3. The molecule has 1 heterocycles. The largest absolute Gasteiger partial charge is 0.493 e. The molecule has 160 valence electrons. The SMILES string of the molecule is CN=C(NCCCCN(C)C(C)C)N1CCc2cc(OC)c(OC)cc2C1.I. The van der Waals surface area contributed by atoms with Gasteiger partial charge in [0.25, 0.3) is 0 Å². The number of hydrogen-bond donors (Lipinski definition) is 1. The van der Waals surface area contributed by atoms with Gasteiger partial charge in [0, 0.05) is 32.7 Å². The van der Waals surface area contributed by atoms with Crippen molar-refractivity contribution in [2.75, 3.05) is 47.9 Å². The van der Waals surface area contributed by atoms with E-state index in [1.807, 2.05) is 7.05 Å². The van der Waals surface area contributed by atoms with E-state index in [1.165, 1.54) is 17.5 Å². The number of unbranched alkanes of at least 4 members (excludes halogenated alkanes) is 1. The van der Waals surface area contributed by atoms with Crippen molar-refractivity contribution in [1.82, 2.24) is 15.1 Å². The molecule has 7 heteroatoms. The molecule has 0 amide bonds. The minimum atomic E-state index is 0. The Morgan fingerprint density at radius 1 is 1.18 bits per heavy atom. The predicted molar refractivity (Wildman–Crippen MR) is 127 cm³/mol. The Labute approximate surface area is 187 Å². The van der Waals surface area contributed by atoms with Crippen molar-refractivity contribution in [1.29, 1.82) is 0 Å². The van der Waals surface area contributed by atoms with Crippen molar-refractivity contribution in [2.45, 2.75) is 45.7 Å². The Morgan fingerprint density at radius 3 is 2.39 bits per heavy atom. The fourth-order valence-corrected chi connectivity index (χ4v) is 3.34. The number of ether oxygens (including phenoxy) is 2. The Kier molecular flexibility index (Phi) is 11.0. The van der Waals surface area contributed by atoms with E-state index in [2.05, 4.69) is 53.1 Å². The Hall–Kier alpha value is -1.22. The second-order valence-corrected chi connectivity index (χ2v) is 7.40. The van der Waals surface area contributed by atoms with Gasteiger partial charge < -0.3 is 24.6 Å². The summed E-state index contributed by atoms with van der Waals surface area (Å²) in [6.45, 7) is 8.35. The summed E-state index contributed by atoms with van der Waals surface area (Å²) in [7, 11) is 7.41. The van der Waals surface area contributed by atoms with Gasteiger partial charge in [0.05, 0.1) is 14.2 Å². The topological polar surface area (TPSA) is 49.3 Å². The molecule has 1 aliphatic rings. The van der Waals surface area contributed by atoms with Crippen molar-refractivity contribution in [2.24, 2.45) is 4.99 Å². The van der Waals surface area contributed by atoms with Crippen LogP contribution in [-0.2, 0) is 13.0 Å². The summed E-state index contributed by atoms with van der Waals surface area (Å²) in [6, 6.07) is 4.80. The maximum atomic E-state index is 5.46. The maximum Gasteiger partial charge on any atom is 0.193 e. The third-order valence-electron chi connectivity index (χ3n) is 5.33. The fourth-order valence-electron chi connectivity index (χ4n) is 3.34. The lowest BCUT2D eigenvalue weighted by atomic mass is 9.99. The lowest BCUT2D eigenvalue weighted by Crippen LogP contribution is -2.44. The molecule has 1 aliphatic heterocycles. The number of guanidine groups is 1. The number of benzene rings is 1. The summed E-state index contributed by atoms with van der Waals surface area (Å²) in [4.78, 5) is 9.19. The molecular formula is C21H37IN4O2. The van der Waals surface area contributed by atoms with E-state index in [9.17, 15) is 0 Å². The van der Waals surface area contributed by atoms with Gasteiger partial charge in [-0.3, -0.25) is 4.99 Å². The van der Waals surface area contributed by atoms with E-state index in [4.69, 9.17) is 9.47 Å². The van der Waals surface area contributed by atoms with E-state index >= 15 is 0 Å². The molecule has 0 atom stereocenters. The lowest BCUT2D eigenvalue weighted by molar-refractivity contribution is 0.268. The van der Waals surface area contributed by atoms with Crippen LogP contribution in [0.5, 0.6) is 11.5 Å². The van der Waals surface area contributed by atoms with Gasteiger partial charge in [0.1, 0.15) is 0 Å². The van der Waals surface area contributed by atoms with Gasteiger partial charge >= 0.3 is 0 Å². The summed E-state index contributed by atoms with van der Waals surface area (Å²) >= 11 is 0. The van der Waals surface area contributed by atoms with Crippen molar-refractivity contribution in [3.05, 3.63) is 23.3 Å². The number of hydrogen-bond acceptors (Lipinski definition) is 4. The highest BCUT2D eigenvalue weighted by molar-refractivity contribution is 14.0.